The number of piperidine rings is 1. The molecule has 2 aliphatic rings. The highest BCUT2D eigenvalue weighted by Gasteiger charge is 2.50. The van der Waals surface area contributed by atoms with E-state index in [1.807, 2.05) is 6.92 Å². The van der Waals surface area contributed by atoms with Crippen LogP contribution in [0.2, 0.25) is 0 Å². The number of halogens is 3. The molecule has 0 aromatic carbocycles. The molecule has 0 atom stereocenters. The van der Waals surface area contributed by atoms with Crippen LogP contribution in [-0.4, -0.2) is 69.4 Å². The fraction of sp³-hybridized carbons (Fsp3) is 0.875. The van der Waals surface area contributed by atoms with Gasteiger partial charge in [-0.2, -0.15) is 17.5 Å². The first-order chi connectivity index (χ1) is 13.1. The summed E-state index contributed by atoms with van der Waals surface area (Å²) in [5.74, 6) is 0.816. The third-order valence-corrected chi connectivity index (χ3v) is 6.35. The molecule has 3 N–H and O–H groups in total. The minimum absolute atomic E-state index is 0.0182. The summed E-state index contributed by atoms with van der Waals surface area (Å²) in [4.78, 5) is 16.0. The lowest BCUT2D eigenvalue weighted by Gasteiger charge is -2.30. The fourth-order valence-electron chi connectivity index (χ4n) is 2.90. The van der Waals surface area contributed by atoms with Gasteiger partial charge in [-0.05, 0) is 38.5 Å². The SMILES string of the molecule is CCNC(=NCC1CCN(S(=O)(=O)C(F)(F)F)CC1)NCCNC(=O)C1CC1. The van der Waals surface area contributed by atoms with E-state index in [0.717, 1.165) is 12.8 Å². The van der Waals surface area contributed by atoms with Crippen molar-refractivity contribution < 1.29 is 26.4 Å². The highest BCUT2D eigenvalue weighted by Crippen LogP contribution is 2.30. The fourth-order valence-corrected chi connectivity index (χ4v) is 3.88. The Labute approximate surface area is 163 Å². The van der Waals surface area contributed by atoms with Gasteiger partial charge in [0.25, 0.3) is 0 Å². The molecule has 1 saturated carbocycles. The van der Waals surface area contributed by atoms with Gasteiger partial charge in [-0.3, -0.25) is 9.79 Å². The van der Waals surface area contributed by atoms with E-state index in [2.05, 4.69) is 20.9 Å². The lowest BCUT2D eigenvalue weighted by Crippen LogP contribution is -2.45. The van der Waals surface area contributed by atoms with Crippen LogP contribution in [0.25, 0.3) is 0 Å². The smallest absolute Gasteiger partial charge is 0.357 e. The summed E-state index contributed by atoms with van der Waals surface area (Å²) in [6, 6.07) is 0. The second kappa shape index (κ2) is 9.77. The number of carbonyl (C=O) groups excluding carboxylic acids is 1. The number of carbonyl (C=O) groups is 1. The summed E-state index contributed by atoms with van der Waals surface area (Å²) < 4.78 is 61.2. The van der Waals surface area contributed by atoms with Crippen LogP contribution in [0.3, 0.4) is 0 Å². The van der Waals surface area contributed by atoms with Crippen LogP contribution >= 0.6 is 0 Å². The molecule has 8 nitrogen and oxygen atoms in total. The summed E-state index contributed by atoms with van der Waals surface area (Å²) in [6.07, 6.45) is 2.56. The zero-order valence-electron chi connectivity index (χ0n) is 15.9. The maximum atomic E-state index is 12.6. The molecule has 12 heteroatoms. The Morgan fingerprint density at radius 3 is 2.21 bits per heavy atom. The van der Waals surface area contributed by atoms with Gasteiger partial charge in [0.1, 0.15) is 0 Å². The van der Waals surface area contributed by atoms with Gasteiger partial charge in [-0.25, -0.2) is 8.42 Å². The Morgan fingerprint density at radius 1 is 1.07 bits per heavy atom. The molecule has 2 fully saturated rings. The van der Waals surface area contributed by atoms with E-state index in [0.29, 0.717) is 49.3 Å². The van der Waals surface area contributed by atoms with Crippen LogP contribution in [0.15, 0.2) is 4.99 Å². The monoisotopic (exact) mass is 427 g/mol. The van der Waals surface area contributed by atoms with Crippen LogP contribution in [0.5, 0.6) is 0 Å². The average molecular weight is 427 g/mol. The summed E-state index contributed by atoms with van der Waals surface area (Å²) in [5, 5.41) is 9.01. The standard InChI is InChI=1S/C16H28F3N5O3S/c1-2-20-15(22-8-7-21-14(25)13-3-4-13)23-11-12-5-9-24(10-6-12)28(26,27)16(17,18)19/h12-13H,2-11H2,1H3,(H,21,25)(H2,20,22,23). The van der Waals surface area contributed by atoms with Crippen molar-refractivity contribution in [3.8, 4) is 0 Å². The zero-order chi connectivity index (χ0) is 20.8. The number of nitrogens with zero attached hydrogens (tertiary/aromatic N) is 2. The van der Waals surface area contributed by atoms with Crippen molar-refractivity contribution in [2.45, 2.75) is 38.1 Å². The Hall–Kier alpha value is -1.56. The quantitative estimate of drug-likeness (QED) is 0.300. The maximum absolute atomic E-state index is 12.6. The minimum atomic E-state index is -5.25. The number of hydrogen-bond acceptors (Lipinski definition) is 4. The Morgan fingerprint density at radius 2 is 1.68 bits per heavy atom. The zero-order valence-corrected chi connectivity index (χ0v) is 16.7. The van der Waals surface area contributed by atoms with Gasteiger partial charge >= 0.3 is 15.5 Å². The van der Waals surface area contributed by atoms with E-state index < -0.39 is 15.5 Å². The number of hydrogen-bond donors (Lipinski definition) is 3. The topological polar surface area (TPSA) is 103 Å². The van der Waals surface area contributed by atoms with Crippen molar-refractivity contribution in [1.29, 1.82) is 0 Å². The van der Waals surface area contributed by atoms with E-state index in [1.165, 1.54) is 0 Å². The number of sulfonamides is 1. The van der Waals surface area contributed by atoms with Crippen molar-refractivity contribution >= 4 is 21.9 Å². The highest BCUT2D eigenvalue weighted by atomic mass is 32.2. The van der Waals surface area contributed by atoms with Crippen molar-refractivity contribution in [1.82, 2.24) is 20.3 Å². The third-order valence-electron chi connectivity index (χ3n) is 4.72. The second-order valence-electron chi connectivity index (χ2n) is 7.00. The Kier molecular flexibility index (Phi) is 7.93. The number of rotatable bonds is 8. The molecule has 1 saturated heterocycles. The van der Waals surface area contributed by atoms with Crippen LogP contribution in [-0.2, 0) is 14.8 Å². The first-order valence-electron chi connectivity index (χ1n) is 9.51. The molecule has 0 unspecified atom stereocenters. The lowest BCUT2D eigenvalue weighted by atomic mass is 9.98. The molecule has 1 amide bonds. The molecular formula is C16H28F3N5O3S. The largest absolute Gasteiger partial charge is 0.511 e. The lowest BCUT2D eigenvalue weighted by molar-refractivity contribution is -0.122. The summed E-state index contributed by atoms with van der Waals surface area (Å²) in [6.45, 7) is 3.62. The Bertz CT molecular complexity index is 657. The number of aliphatic imine (C=N–C) groups is 1. The molecular weight excluding hydrogens is 399 g/mol. The summed E-state index contributed by atoms with van der Waals surface area (Å²) >= 11 is 0. The number of alkyl halides is 3. The van der Waals surface area contributed by atoms with Gasteiger partial charge in [0.05, 0.1) is 0 Å². The molecule has 1 heterocycles. The molecule has 28 heavy (non-hydrogen) atoms. The minimum Gasteiger partial charge on any atom is -0.357 e. The normalized spacial score (nSPS) is 20.1. The van der Waals surface area contributed by atoms with Gasteiger partial charge < -0.3 is 16.0 Å². The van der Waals surface area contributed by atoms with Gasteiger partial charge in [-0.1, -0.05) is 0 Å². The van der Waals surface area contributed by atoms with Crippen molar-refractivity contribution in [3.63, 3.8) is 0 Å². The van der Waals surface area contributed by atoms with Crippen molar-refractivity contribution in [2.75, 3.05) is 39.3 Å². The van der Waals surface area contributed by atoms with Crippen molar-refractivity contribution in [2.24, 2.45) is 16.8 Å². The molecule has 2 rings (SSSR count). The molecule has 0 radical (unpaired) electrons. The van der Waals surface area contributed by atoms with Gasteiger partial charge in [0.15, 0.2) is 5.96 Å². The van der Waals surface area contributed by atoms with E-state index in [9.17, 15) is 26.4 Å². The number of amides is 1. The molecule has 1 aliphatic carbocycles. The van der Waals surface area contributed by atoms with Crippen LogP contribution in [0.1, 0.15) is 32.6 Å². The first kappa shape index (κ1) is 22.7. The Balaban J connectivity index is 1.74. The predicted molar refractivity (Wildman–Crippen MR) is 99.0 cm³/mol. The number of guanidine groups is 1. The van der Waals surface area contributed by atoms with Crippen LogP contribution in [0.4, 0.5) is 13.2 Å². The van der Waals surface area contributed by atoms with Crippen LogP contribution < -0.4 is 16.0 Å². The molecule has 162 valence electrons. The summed E-state index contributed by atoms with van der Waals surface area (Å²) in [5.41, 5.74) is -5.25. The van der Waals surface area contributed by atoms with E-state index in [-0.39, 0.29) is 30.8 Å². The third kappa shape index (κ3) is 6.50. The first-order valence-corrected chi connectivity index (χ1v) is 11.0. The van der Waals surface area contributed by atoms with Gasteiger partial charge in [0.2, 0.25) is 5.91 Å². The highest BCUT2D eigenvalue weighted by molar-refractivity contribution is 7.90. The molecule has 0 bridgehead atoms. The number of nitrogens with one attached hydrogen (secondary N) is 3. The van der Waals surface area contributed by atoms with E-state index >= 15 is 0 Å². The van der Waals surface area contributed by atoms with Gasteiger partial charge in [-0.15, -0.1) is 0 Å². The molecule has 0 aromatic heterocycles. The van der Waals surface area contributed by atoms with E-state index in [1.54, 1.807) is 0 Å². The maximum Gasteiger partial charge on any atom is 0.511 e. The predicted octanol–water partition coefficient (Wildman–Crippen LogP) is 0.629. The van der Waals surface area contributed by atoms with E-state index in [4.69, 9.17) is 0 Å². The van der Waals surface area contributed by atoms with Crippen molar-refractivity contribution in [3.05, 3.63) is 0 Å². The average Bonchev–Trinajstić information content (AvgIpc) is 3.47. The van der Waals surface area contributed by atoms with Gasteiger partial charge in [0, 0.05) is 45.2 Å². The molecule has 0 aromatic rings. The van der Waals surface area contributed by atoms with Crippen LogP contribution in [0, 0.1) is 11.8 Å². The molecule has 1 aliphatic heterocycles. The summed E-state index contributed by atoms with van der Waals surface area (Å²) in [7, 11) is -5.25. The molecule has 0 spiro atoms. The second-order valence-corrected chi connectivity index (χ2v) is 8.93.